The topological polar surface area (TPSA) is 214 Å². The molecule has 14 nitrogen and oxygen atoms in total. The number of hydrogen-bond acceptors (Lipinski definition) is 14. The lowest BCUT2D eigenvalue weighted by atomic mass is 9.98. The molecule has 2 saturated heterocycles. The molecule has 0 amide bonds. The van der Waals surface area contributed by atoms with Crippen molar-refractivity contribution in [2.24, 2.45) is 0 Å². The third-order valence-corrected chi connectivity index (χ3v) is 15.6. The van der Waals surface area contributed by atoms with Crippen molar-refractivity contribution in [3.63, 3.8) is 0 Å². The Bertz CT molecular complexity index is 1250. The van der Waals surface area contributed by atoms with Gasteiger partial charge < -0.3 is 64.2 Å². The molecule has 7 N–H and O–H groups in total. The Hall–Kier alpha value is -1.01. The first-order chi connectivity index (χ1) is 36.6. The van der Waals surface area contributed by atoms with Crippen LogP contribution in [-0.4, -0.2) is 142 Å². The Balaban J connectivity index is 1.65. The maximum Gasteiger partial charge on any atom is 0.306 e. The van der Waals surface area contributed by atoms with Gasteiger partial charge in [-0.1, -0.05) is 264 Å². The van der Waals surface area contributed by atoms with Crippen LogP contribution in [0, 0.1) is 0 Å². The fraction of sp³-hybridized carbons (Fsp3) is 0.984. The van der Waals surface area contributed by atoms with Crippen molar-refractivity contribution in [1.29, 1.82) is 0 Å². The highest BCUT2D eigenvalue weighted by Crippen LogP contribution is 2.27. The van der Waals surface area contributed by atoms with Crippen molar-refractivity contribution in [2.45, 2.75) is 351 Å². The van der Waals surface area contributed by atoms with Gasteiger partial charge in [0.05, 0.1) is 26.4 Å². The summed E-state index contributed by atoms with van der Waals surface area (Å²) < 4.78 is 34.5. The highest BCUT2D eigenvalue weighted by Gasteiger charge is 2.47. The van der Waals surface area contributed by atoms with Crippen LogP contribution in [0.2, 0.25) is 0 Å². The SMILES string of the molecule is CCCCCCCCCCCCCCCCCCCCCCCCCCCC(=O)OC(COCCCCCCCCCCCCCCCCCC)COC1OC(COC2OC(CO)C(O)C(O)C2O)C(O)C(O)C1O. The maximum absolute atomic E-state index is 13.1. The van der Waals surface area contributed by atoms with E-state index >= 15 is 0 Å². The first kappa shape index (κ1) is 70.1. The molecule has 446 valence electrons. The van der Waals surface area contributed by atoms with Gasteiger partial charge in [-0.15, -0.1) is 0 Å². The van der Waals surface area contributed by atoms with Gasteiger partial charge in [-0.05, 0) is 12.8 Å². The fourth-order valence-electron chi connectivity index (χ4n) is 10.5. The zero-order chi connectivity index (χ0) is 54.4. The fourth-order valence-corrected chi connectivity index (χ4v) is 10.5. The summed E-state index contributed by atoms with van der Waals surface area (Å²) in [5.74, 6) is -0.366. The molecule has 2 heterocycles. The molecular formula is C61H118O14. The summed E-state index contributed by atoms with van der Waals surface area (Å²) in [7, 11) is 0. The molecular weight excluding hydrogens is 957 g/mol. The molecule has 0 aromatic heterocycles. The molecule has 2 rings (SSSR count). The molecule has 2 fully saturated rings. The molecule has 0 aliphatic carbocycles. The van der Waals surface area contributed by atoms with Gasteiger partial charge in [0, 0.05) is 13.0 Å². The van der Waals surface area contributed by atoms with E-state index in [0.717, 1.165) is 44.9 Å². The number of aliphatic hydroxyl groups excluding tert-OH is 7. The highest BCUT2D eigenvalue weighted by atomic mass is 16.7. The molecule has 0 spiro atoms. The number of aliphatic hydroxyl groups is 7. The Morgan fingerprint density at radius 1 is 0.387 bits per heavy atom. The highest BCUT2D eigenvalue weighted by molar-refractivity contribution is 5.69. The van der Waals surface area contributed by atoms with Crippen LogP contribution in [0.3, 0.4) is 0 Å². The van der Waals surface area contributed by atoms with Gasteiger partial charge in [-0.2, -0.15) is 0 Å². The van der Waals surface area contributed by atoms with Crippen LogP contribution in [0.1, 0.15) is 284 Å². The van der Waals surface area contributed by atoms with Gasteiger partial charge in [0.25, 0.3) is 0 Å². The Kier molecular flexibility index (Phi) is 45.7. The number of carbonyl (C=O) groups is 1. The number of hydrogen-bond donors (Lipinski definition) is 7. The number of rotatable bonds is 53. The van der Waals surface area contributed by atoms with Crippen molar-refractivity contribution in [2.75, 3.05) is 33.0 Å². The summed E-state index contributed by atoms with van der Waals surface area (Å²) in [5.41, 5.74) is 0. The smallest absolute Gasteiger partial charge is 0.306 e. The Labute approximate surface area is 457 Å². The molecule has 11 unspecified atom stereocenters. The minimum absolute atomic E-state index is 0.0710. The second-order valence-corrected chi connectivity index (χ2v) is 22.6. The monoisotopic (exact) mass is 1070 g/mol. The van der Waals surface area contributed by atoms with Crippen LogP contribution in [-0.2, 0) is 33.2 Å². The van der Waals surface area contributed by atoms with Crippen molar-refractivity contribution >= 4 is 5.97 Å². The van der Waals surface area contributed by atoms with Gasteiger partial charge in [0.2, 0.25) is 0 Å². The van der Waals surface area contributed by atoms with Crippen LogP contribution in [0.5, 0.6) is 0 Å². The standard InChI is InChI=1S/C61H118O14/c1-3-5-7-9-11-13-15-17-19-21-22-23-24-25-26-27-28-29-30-32-34-36-38-40-42-44-53(63)73-50(47-70-45-43-41-39-37-35-33-31-20-18-16-14-12-10-8-6-4-2)48-71-60-59(69)57(67)55(65)52(75-60)49-72-61-58(68)56(66)54(64)51(46-62)74-61/h50-52,54-62,64-69H,3-49H2,1-2H3. The number of ether oxygens (including phenoxy) is 6. The summed E-state index contributed by atoms with van der Waals surface area (Å²) in [6.45, 7) is 3.78. The minimum atomic E-state index is -1.70. The third kappa shape index (κ3) is 35.4. The first-order valence-electron chi connectivity index (χ1n) is 31.6. The van der Waals surface area contributed by atoms with Gasteiger partial charge in [0.15, 0.2) is 12.6 Å². The maximum atomic E-state index is 13.1. The lowest BCUT2D eigenvalue weighted by Crippen LogP contribution is -2.61. The van der Waals surface area contributed by atoms with Crippen LogP contribution in [0.4, 0.5) is 0 Å². The predicted octanol–water partition coefficient (Wildman–Crippen LogP) is 12.0. The van der Waals surface area contributed by atoms with E-state index in [2.05, 4.69) is 13.8 Å². The van der Waals surface area contributed by atoms with Crippen molar-refractivity contribution < 1.29 is 69.0 Å². The summed E-state index contributed by atoms with van der Waals surface area (Å²) in [4.78, 5) is 13.1. The molecule has 11 atom stereocenters. The molecule has 14 heteroatoms. The zero-order valence-corrected chi connectivity index (χ0v) is 48.1. The minimum Gasteiger partial charge on any atom is -0.457 e. The van der Waals surface area contributed by atoms with Crippen LogP contribution in [0.25, 0.3) is 0 Å². The Morgan fingerprint density at radius 3 is 1.08 bits per heavy atom. The molecule has 0 radical (unpaired) electrons. The van der Waals surface area contributed by atoms with E-state index in [1.54, 1.807) is 0 Å². The van der Waals surface area contributed by atoms with Crippen LogP contribution in [0.15, 0.2) is 0 Å². The normalized spacial score (nSPS) is 24.5. The number of carbonyl (C=O) groups excluding carboxylic acids is 1. The van der Waals surface area contributed by atoms with Gasteiger partial charge in [0.1, 0.15) is 54.9 Å². The summed E-state index contributed by atoms with van der Waals surface area (Å²) >= 11 is 0. The van der Waals surface area contributed by atoms with E-state index in [1.807, 2.05) is 0 Å². The average molecular weight is 1080 g/mol. The molecule has 2 aliphatic rings. The van der Waals surface area contributed by atoms with E-state index in [9.17, 15) is 40.5 Å². The second-order valence-electron chi connectivity index (χ2n) is 22.6. The van der Waals surface area contributed by atoms with Gasteiger partial charge >= 0.3 is 5.97 Å². The lowest BCUT2D eigenvalue weighted by molar-refractivity contribution is -0.332. The first-order valence-corrected chi connectivity index (χ1v) is 31.6. The molecule has 0 saturated carbocycles. The summed E-state index contributed by atoms with van der Waals surface area (Å²) in [6.07, 6.45) is 37.4. The van der Waals surface area contributed by atoms with Gasteiger partial charge in [-0.25, -0.2) is 0 Å². The second kappa shape index (κ2) is 48.9. The predicted molar refractivity (Wildman–Crippen MR) is 298 cm³/mol. The quantitative estimate of drug-likeness (QED) is 0.0223. The van der Waals surface area contributed by atoms with Crippen molar-refractivity contribution in [1.82, 2.24) is 0 Å². The largest absolute Gasteiger partial charge is 0.457 e. The number of unbranched alkanes of at least 4 members (excludes halogenated alkanes) is 39. The van der Waals surface area contributed by atoms with Gasteiger partial charge in [-0.3, -0.25) is 4.79 Å². The number of esters is 1. The lowest BCUT2D eigenvalue weighted by Gasteiger charge is -2.42. The van der Waals surface area contributed by atoms with Crippen molar-refractivity contribution in [3.8, 4) is 0 Å². The van der Waals surface area contributed by atoms with E-state index in [4.69, 9.17) is 28.4 Å². The van der Waals surface area contributed by atoms with Crippen molar-refractivity contribution in [3.05, 3.63) is 0 Å². The molecule has 2 aliphatic heterocycles. The van der Waals surface area contributed by atoms with Crippen LogP contribution >= 0.6 is 0 Å². The van der Waals surface area contributed by atoms with E-state index in [-0.39, 0.29) is 25.6 Å². The molecule has 0 bridgehead atoms. The van der Waals surface area contributed by atoms with E-state index in [1.165, 1.54) is 218 Å². The summed E-state index contributed by atoms with van der Waals surface area (Å²) in [5, 5.41) is 72.4. The Morgan fingerprint density at radius 2 is 0.707 bits per heavy atom. The van der Waals surface area contributed by atoms with E-state index < -0.39 is 80.7 Å². The molecule has 0 aromatic carbocycles. The van der Waals surface area contributed by atoms with Crippen LogP contribution < -0.4 is 0 Å². The molecule has 75 heavy (non-hydrogen) atoms. The van der Waals surface area contributed by atoms with E-state index in [0.29, 0.717) is 6.61 Å². The molecule has 0 aromatic rings. The third-order valence-electron chi connectivity index (χ3n) is 15.6. The summed E-state index contributed by atoms with van der Waals surface area (Å²) in [6, 6.07) is 0. The zero-order valence-electron chi connectivity index (χ0n) is 48.1. The average Bonchev–Trinajstić information content (AvgIpc) is 3.41.